The third kappa shape index (κ3) is 2.92. The molecule has 0 aliphatic carbocycles. The topological polar surface area (TPSA) is 34.1 Å². The highest BCUT2D eigenvalue weighted by atomic mass is 35.5. The minimum atomic E-state index is -0.206. The molecule has 0 amide bonds. The van der Waals surface area contributed by atoms with Crippen LogP contribution in [0, 0.1) is 0 Å². The van der Waals surface area contributed by atoms with Gasteiger partial charge in [0.25, 0.3) is 0 Å². The Bertz CT molecular complexity index is 554. The number of fused-ring (bicyclic) bond motifs is 1. The average molecular weight is 265 g/mol. The van der Waals surface area contributed by atoms with E-state index in [1.165, 1.54) is 0 Å². The highest BCUT2D eigenvalue weighted by Crippen LogP contribution is 2.24. The lowest BCUT2D eigenvalue weighted by molar-refractivity contribution is 0.0344. The van der Waals surface area contributed by atoms with Crippen molar-refractivity contribution >= 4 is 28.2 Å². The number of hydrogen-bond donors (Lipinski definition) is 1. The van der Waals surface area contributed by atoms with Crippen molar-refractivity contribution in [1.29, 1.82) is 0 Å². The number of halogens is 1. The second-order valence-corrected chi connectivity index (χ2v) is 5.27. The second kappa shape index (κ2) is 5.12. The highest BCUT2D eigenvalue weighted by molar-refractivity contribution is 6.31. The summed E-state index contributed by atoms with van der Waals surface area (Å²) in [6.45, 7) is 4.81. The number of methoxy groups -OCH3 is 1. The Kier molecular flexibility index (Phi) is 3.73. The normalized spacial score (nSPS) is 11.8. The van der Waals surface area contributed by atoms with Crippen LogP contribution >= 0.6 is 11.6 Å². The molecule has 0 atom stereocenters. The van der Waals surface area contributed by atoms with Crippen molar-refractivity contribution in [1.82, 2.24) is 4.98 Å². The molecule has 0 radical (unpaired) electrons. The zero-order valence-electron chi connectivity index (χ0n) is 10.8. The summed E-state index contributed by atoms with van der Waals surface area (Å²) in [5.74, 6) is 0. The van der Waals surface area contributed by atoms with E-state index < -0.39 is 0 Å². The van der Waals surface area contributed by atoms with Crippen LogP contribution in [0.2, 0.25) is 5.02 Å². The SMILES string of the molecule is COC(C)(C)CNc1ccnc2cc(Cl)ccc12. The smallest absolute Gasteiger partial charge is 0.0794 e. The van der Waals surface area contributed by atoms with E-state index in [-0.39, 0.29) is 5.60 Å². The number of benzene rings is 1. The molecule has 0 bridgehead atoms. The molecule has 1 N–H and O–H groups in total. The maximum atomic E-state index is 5.96. The number of pyridine rings is 1. The van der Waals surface area contributed by atoms with Gasteiger partial charge >= 0.3 is 0 Å². The molecule has 1 aromatic carbocycles. The number of nitrogens with zero attached hydrogens (tertiary/aromatic N) is 1. The van der Waals surface area contributed by atoms with Crippen molar-refractivity contribution in [3.8, 4) is 0 Å². The Hall–Kier alpha value is -1.32. The van der Waals surface area contributed by atoms with Gasteiger partial charge in [-0.25, -0.2) is 0 Å². The summed E-state index contributed by atoms with van der Waals surface area (Å²) in [5, 5.41) is 5.15. The third-order valence-corrected chi connectivity index (χ3v) is 3.20. The van der Waals surface area contributed by atoms with Gasteiger partial charge in [-0.05, 0) is 38.1 Å². The first-order chi connectivity index (χ1) is 8.52. The molecule has 0 saturated carbocycles. The van der Waals surface area contributed by atoms with Gasteiger partial charge in [0.05, 0.1) is 11.1 Å². The zero-order valence-corrected chi connectivity index (χ0v) is 11.6. The van der Waals surface area contributed by atoms with E-state index in [1.807, 2.05) is 38.1 Å². The Morgan fingerprint density at radius 2 is 2.11 bits per heavy atom. The summed E-state index contributed by atoms with van der Waals surface area (Å²) in [7, 11) is 1.71. The summed E-state index contributed by atoms with van der Waals surface area (Å²) >= 11 is 5.96. The molecule has 0 unspecified atom stereocenters. The second-order valence-electron chi connectivity index (χ2n) is 4.84. The fourth-order valence-electron chi connectivity index (χ4n) is 1.66. The Balaban J connectivity index is 2.29. The number of anilines is 1. The highest BCUT2D eigenvalue weighted by Gasteiger charge is 2.16. The minimum Gasteiger partial charge on any atom is -0.382 e. The van der Waals surface area contributed by atoms with E-state index in [2.05, 4.69) is 10.3 Å². The van der Waals surface area contributed by atoms with Gasteiger partial charge in [0.1, 0.15) is 0 Å². The number of ether oxygens (including phenoxy) is 1. The maximum Gasteiger partial charge on any atom is 0.0794 e. The van der Waals surface area contributed by atoms with Crippen LogP contribution in [0.25, 0.3) is 10.9 Å². The monoisotopic (exact) mass is 264 g/mol. The summed E-state index contributed by atoms with van der Waals surface area (Å²) in [6.07, 6.45) is 1.78. The summed E-state index contributed by atoms with van der Waals surface area (Å²) in [4.78, 5) is 4.31. The van der Waals surface area contributed by atoms with E-state index in [0.29, 0.717) is 5.02 Å². The standard InChI is InChI=1S/C14H17ClN2O/c1-14(2,18-3)9-17-12-6-7-16-13-8-10(15)4-5-11(12)13/h4-8H,9H2,1-3H3,(H,16,17). The van der Waals surface area contributed by atoms with Gasteiger partial charge < -0.3 is 10.1 Å². The molecular formula is C14H17ClN2O. The largest absolute Gasteiger partial charge is 0.382 e. The number of rotatable bonds is 4. The van der Waals surface area contributed by atoms with Crippen LogP contribution in [0.4, 0.5) is 5.69 Å². The van der Waals surface area contributed by atoms with Crippen LogP contribution in [-0.4, -0.2) is 24.2 Å². The molecule has 1 heterocycles. The lowest BCUT2D eigenvalue weighted by Gasteiger charge is -2.24. The number of nitrogens with one attached hydrogen (secondary N) is 1. The Morgan fingerprint density at radius 1 is 1.33 bits per heavy atom. The van der Waals surface area contributed by atoms with E-state index >= 15 is 0 Å². The van der Waals surface area contributed by atoms with E-state index in [0.717, 1.165) is 23.1 Å². The average Bonchev–Trinajstić information content (AvgIpc) is 2.36. The molecule has 0 aliphatic rings. The van der Waals surface area contributed by atoms with Gasteiger partial charge in [0.15, 0.2) is 0 Å². The quantitative estimate of drug-likeness (QED) is 0.914. The molecule has 4 heteroatoms. The lowest BCUT2D eigenvalue weighted by atomic mass is 10.1. The summed E-state index contributed by atoms with van der Waals surface area (Å²) in [6, 6.07) is 7.68. The first-order valence-corrected chi connectivity index (χ1v) is 6.23. The molecule has 0 saturated heterocycles. The van der Waals surface area contributed by atoms with Crippen molar-refractivity contribution in [2.75, 3.05) is 19.0 Å². The number of hydrogen-bond acceptors (Lipinski definition) is 3. The molecule has 18 heavy (non-hydrogen) atoms. The van der Waals surface area contributed by atoms with E-state index in [4.69, 9.17) is 16.3 Å². The summed E-state index contributed by atoms with van der Waals surface area (Å²) < 4.78 is 5.39. The molecule has 1 aromatic heterocycles. The van der Waals surface area contributed by atoms with Gasteiger partial charge in [-0.2, -0.15) is 0 Å². The van der Waals surface area contributed by atoms with Crippen LogP contribution in [0.5, 0.6) is 0 Å². The molecule has 0 fully saturated rings. The predicted molar refractivity (Wildman–Crippen MR) is 76.3 cm³/mol. The van der Waals surface area contributed by atoms with Gasteiger partial charge in [0, 0.05) is 35.9 Å². The molecular weight excluding hydrogens is 248 g/mol. The molecule has 96 valence electrons. The van der Waals surface area contributed by atoms with Crippen molar-refractivity contribution in [3.63, 3.8) is 0 Å². The van der Waals surface area contributed by atoms with Crippen LogP contribution in [-0.2, 0) is 4.74 Å². The zero-order chi connectivity index (χ0) is 13.2. The van der Waals surface area contributed by atoms with E-state index in [9.17, 15) is 0 Å². The maximum absolute atomic E-state index is 5.96. The van der Waals surface area contributed by atoms with Crippen LogP contribution < -0.4 is 5.32 Å². The molecule has 0 spiro atoms. The van der Waals surface area contributed by atoms with Crippen molar-refractivity contribution in [3.05, 3.63) is 35.5 Å². The molecule has 3 nitrogen and oxygen atoms in total. The first kappa shape index (κ1) is 13.1. The molecule has 2 rings (SSSR count). The fraction of sp³-hybridized carbons (Fsp3) is 0.357. The van der Waals surface area contributed by atoms with Gasteiger partial charge in [-0.15, -0.1) is 0 Å². The Morgan fingerprint density at radius 3 is 2.83 bits per heavy atom. The van der Waals surface area contributed by atoms with Crippen molar-refractivity contribution < 1.29 is 4.74 Å². The van der Waals surface area contributed by atoms with Gasteiger partial charge in [-0.3, -0.25) is 4.98 Å². The van der Waals surface area contributed by atoms with Crippen LogP contribution in [0.15, 0.2) is 30.5 Å². The number of aromatic nitrogens is 1. The van der Waals surface area contributed by atoms with Gasteiger partial charge in [-0.1, -0.05) is 11.6 Å². The van der Waals surface area contributed by atoms with Crippen LogP contribution in [0.3, 0.4) is 0 Å². The lowest BCUT2D eigenvalue weighted by Crippen LogP contribution is -2.32. The summed E-state index contributed by atoms with van der Waals surface area (Å²) in [5.41, 5.74) is 1.73. The van der Waals surface area contributed by atoms with Gasteiger partial charge in [0.2, 0.25) is 0 Å². The van der Waals surface area contributed by atoms with Crippen molar-refractivity contribution in [2.45, 2.75) is 19.4 Å². The molecule has 2 aromatic rings. The third-order valence-electron chi connectivity index (χ3n) is 2.96. The minimum absolute atomic E-state index is 0.206. The fourth-order valence-corrected chi connectivity index (χ4v) is 1.82. The molecule has 0 aliphatic heterocycles. The van der Waals surface area contributed by atoms with Crippen molar-refractivity contribution in [2.24, 2.45) is 0 Å². The first-order valence-electron chi connectivity index (χ1n) is 5.85. The van der Waals surface area contributed by atoms with E-state index in [1.54, 1.807) is 13.3 Å². The van der Waals surface area contributed by atoms with Crippen LogP contribution in [0.1, 0.15) is 13.8 Å². The Labute approximate surface area is 112 Å². The predicted octanol–water partition coefficient (Wildman–Crippen LogP) is 3.73.